The molecule has 0 N–H and O–H groups in total. The molecule has 88 valence electrons. The minimum Gasteiger partial charge on any atom is -0.296 e. The fourth-order valence-corrected chi connectivity index (χ4v) is 1.57. The van der Waals surface area contributed by atoms with Crippen molar-refractivity contribution in [1.29, 1.82) is 0 Å². The predicted octanol–water partition coefficient (Wildman–Crippen LogP) is 1.91. The highest BCUT2D eigenvalue weighted by atomic mass is 19.4. The summed E-state index contributed by atoms with van der Waals surface area (Å²) in [4.78, 5) is 10.4. The normalized spacial score (nSPS) is 16.4. The second-order valence-electron chi connectivity index (χ2n) is 3.89. The van der Waals surface area contributed by atoms with E-state index in [1.54, 1.807) is 0 Å². The number of hydrogen-bond donors (Lipinski definition) is 0. The fourth-order valence-electron chi connectivity index (χ4n) is 1.57. The molecule has 16 heavy (non-hydrogen) atoms. The average molecular weight is 233 g/mol. The molecule has 0 atom stereocenters. The lowest BCUT2D eigenvalue weighted by Crippen LogP contribution is -2.17. The maximum Gasteiger partial charge on any atom is 0.435 e. The Bertz CT molecular complexity index is 395. The molecule has 0 saturated heterocycles. The van der Waals surface area contributed by atoms with Gasteiger partial charge in [-0.1, -0.05) is 18.1 Å². The highest BCUT2D eigenvalue weighted by Gasteiger charge is 2.39. The molecular formula is C9H10F3N3O. The van der Waals surface area contributed by atoms with Crippen LogP contribution < -0.4 is 0 Å². The second kappa shape index (κ2) is 3.88. The number of nitrogens with zero attached hydrogens (tertiary/aromatic N) is 3. The second-order valence-corrected chi connectivity index (χ2v) is 3.89. The van der Waals surface area contributed by atoms with Crippen LogP contribution >= 0.6 is 0 Å². The molecular weight excluding hydrogens is 223 g/mol. The van der Waals surface area contributed by atoms with Crippen molar-refractivity contribution in [2.24, 2.45) is 5.92 Å². The van der Waals surface area contributed by atoms with Gasteiger partial charge in [-0.05, 0) is 12.3 Å². The highest BCUT2D eigenvalue weighted by molar-refractivity contribution is 5.73. The Morgan fingerprint density at radius 1 is 1.44 bits per heavy atom. The lowest BCUT2D eigenvalue weighted by molar-refractivity contribution is -0.144. The van der Waals surface area contributed by atoms with E-state index in [-0.39, 0.29) is 12.8 Å². The van der Waals surface area contributed by atoms with Gasteiger partial charge in [0.1, 0.15) is 0 Å². The van der Waals surface area contributed by atoms with Crippen LogP contribution in [0.1, 0.15) is 35.4 Å². The summed E-state index contributed by atoms with van der Waals surface area (Å²) in [6.45, 7) is 0.167. The molecule has 1 heterocycles. The largest absolute Gasteiger partial charge is 0.435 e. The Labute approximate surface area is 89.4 Å². The fraction of sp³-hybridized carbons (Fsp3) is 0.667. The van der Waals surface area contributed by atoms with Gasteiger partial charge < -0.3 is 0 Å². The van der Waals surface area contributed by atoms with Crippen molar-refractivity contribution < 1.29 is 18.0 Å². The summed E-state index contributed by atoms with van der Waals surface area (Å²) in [5.41, 5.74) is -1.67. The maximum absolute atomic E-state index is 12.6. The van der Waals surface area contributed by atoms with Crippen LogP contribution in [0.3, 0.4) is 0 Å². The Balaban J connectivity index is 2.21. The molecule has 4 nitrogen and oxygen atoms in total. The van der Waals surface area contributed by atoms with Gasteiger partial charge in [0.15, 0.2) is 17.7 Å². The van der Waals surface area contributed by atoms with E-state index in [0.717, 1.165) is 17.5 Å². The zero-order chi connectivity index (χ0) is 11.8. The molecule has 1 fully saturated rings. The van der Waals surface area contributed by atoms with Crippen LogP contribution in [-0.2, 0) is 12.7 Å². The van der Waals surface area contributed by atoms with E-state index in [1.807, 2.05) is 0 Å². The minimum absolute atomic E-state index is 0.0868. The van der Waals surface area contributed by atoms with E-state index in [9.17, 15) is 18.0 Å². The maximum atomic E-state index is 12.6. The third-order valence-corrected chi connectivity index (χ3v) is 2.59. The number of aromatic nitrogens is 3. The molecule has 1 aromatic heterocycles. The van der Waals surface area contributed by atoms with Crippen LogP contribution in [0.15, 0.2) is 0 Å². The topological polar surface area (TPSA) is 47.8 Å². The van der Waals surface area contributed by atoms with E-state index in [1.165, 1.54) is 0 Å². The van der Waals surface area contributed by atoms with Gasteiger partial charge in [0.05, 0.1) is 0 Å². The molecule has 0 spiro atoms. The van der Waals surface area contributed by atoms with Gasteiger partial charge in [-0.15, -0.1) is 5.10 Å². The summed E-state index contributed by atoms with van der Waals surface area (Å²) in [6.07, 6.45) is -1.70. The summed E-state index contributed by atoms with van der Waals surface area (Å²) < 4.78 is 38.6. The number of aldehydes is 1. The summed E-state index contributed by atoms with van der Waals surface area (Å²) in [7, 11) is 0. The van der Waals surface area contributed by atoms with Crippen LogP contribution in [-0.4, -0.2) is 21.3 Å². The highest BCUT2D eigenvalue weighted by Crippen LogP contribution is 2.34. The van der Waals surface area contributed by atoms with Crippen molar-refractivity contribution >= 4 is 6.29 Å². The molecule has 0 unspecified atom stereocenters. The van der Waals surface area contributed by atoms with E-state index >= 15 is 0 Å². The zero-order valence-corrected chi connectivity index (χ0v) is 8.37. The SMILES string of the molecule is O=Cc1nnn(CCC2CC2)c1C(F)(F)F. The summed E-state index contributed by atoms with van der Waals surface area (Å²) in [5.74, 6) is 0.505. The smallest absolute Gasteiger partial charge is 0.296 e. The number of carbonyl (C=O) groups excluding carboxylic acids is 1. The summed E-state index contributed by atoms with van der Waals surface area (Å²) in [6, 6.07) is 0. The predicted molar refractivity (Wildman–Crippen MR) is 47.8 cm³/mol. The first-order valence-corrected chi connectivity index (χ1v) is 4.98. The van der Waals surface area contributed by atoms with Crippen molar-refractivity contribution in [3.63, 3.8) is 0 Å². The number of halogens is 3. The van der Waals surface area contributed by atoms with Crippen molar-refractivity contribution in [3.8, 4) is 0 Å². The first kappa shape index (κ1) is 11.1. The molecule has 2 rings (SSSR count). The molecule has 0 bridgehead atoms. The van der Waals surface area contributed by atoms with Crippen LogP contribution in [0.5, 0.6) is 0 Å². The Morgan fingerprint density at radius 3 is 2.62 bits per heavy atom. The van der Waals surface area contributed by atoms with Crippen molar-refractivity contribution in [3.05, 3.63) is 11.4 Å². The zero-order valence-electron chi connectivity index (χ0n) is 8.37. The van der Waals surface area contributed by atoms with Gasteiger partial charge in [0.2, 0.25) is 0 Å². The quantitative estimate of drug-likeness (QED) is 0.746. The van der Waals surface area contributed by atoms with Gasteiger partial charge in [-0.2, -0.15) is 13.2 Å². The van der Waals surface area contributed by atoms with E-state index in [0.29, 0.717) is 12.3 Å². The van der Waals surface area contributed by atoms with Gasteiger partial charge in [-0.3, -0.25) is 4.79 Å². The number of carbonyl (C=O) groups is 1. The standard InChI is InChI=1S/C9H10F3N3O/c10-9(11,12)8-7(5-16)13-14-15(8)4-3-6-1-2-6/h5-6H,1-4H2. The molecule has 7 heteroatoms. The molecule has 0 amide bonds. The van der Waals surface area contributed by atoms with Crippen LogP contribution in [0.2, 0.25) is 0 Å². The van der Waals surface area contributed by atoms with Crippen LogP contribution in [0.4, 0.5) is 13.2 Å². The Kier molecular flexibility index (Phi) is 2.69. The van der Waals surface area contributed by atoms with Gasteiger partial charge in [0.25, 0.3) is 0 Å². The molecule has 0 radical (unpaired) electrons. The Hall–Kier alpha value is -1.40. The lowest BCUT2D eigenvalue weighted by Gasteiger charge is -2.09. The van der Waals surface area contributed by atoms with Crippen LogP contribution in [0.25, 0.3) is 0 Å². The first-order chi connectivity index (χ1) is 7.52. The van der Waals surface area contributed by atoms with Gasteiger partial charge in [0, 0.05) is 6.54 Å². The Morgan fingerprint density at radius 2 is 2.12 bits per heavy atom. The van der Waals surface area contributed by atoms with Gasteiger partial charge >= 0.3 is 6.18 Å². The molecule has 1 aliphatic carbocycles. The molecule has 0 aliphatic heterocycles. The molecule has 1 saturated carbocycles. The van der Waals surface area contributed by atoms with Crippen LogP contribution in [0, 0.1) is 5.92 Å². The molecule has 0 aromatic carbocycles. The van der Waals surface area contributed by atoms with E-state index in [2.05, 4.69) is 10.3 Å². The number of alkyl halides is 3. The van der Waals surface area contributed by atoms with Gasteiger partial charge in [-0.25, -0.2) is 4.68 Å². The number of rotatable bonds is 4. The summed E-state index contributed by atoms with van der Waals surface area (Å²) in [5, 5.41) is 6.59. The third kappa shape index (κ3) is 2.23. The van der Waals surface area contributed by atoms with E-state index < -0.39 is 17.6 Å². The number of aryl methyl sites for hydroxylation is 1. The monoisotopic (exact) mass is 233 g/mol. The van der Waals surface area contributed by atoms with Crippen molar-refractivity contribution in [1.82, 2.24) is 15.0 Å². The third-order valence-electron chi connectivity index (χ3n) is 2.59. The minimum atomic E-state index is -4.58. The average Bonchev–Trinajstić information content (AvgIpc) is 2.92. The molecule has 1 aromatic rings. The lowest BCUT2D eigenvalue weighted by atomic mass is 10.2. The molecule has 1 aliphatic rings. The van der Waals surface area contributed by atoms with E-state index in [4.69, 9.17) is 0 Å². The number of hydrogen-bond acceptors (Lipinski definition) is 3. The van der Waals surface area contributed by atoms with Crippen molar-refractivity contribution in [2.45, 2.75) is 32.0 Å². The first-order valence-electron chi connectivity index (χ1n) is 4.98. The summed E-state index contributed by atoms with van der Waals surface area (Å²) >= 11 is 0. The van der Waals surface area contributed by atoms with Crippen molar-refractivity contribution in [2.75, 3.05) is 0 Å².